The van der Waals surface area contributed by atoms with Crippen LogP contribution in [0.3, 0.4) is 0 Å². The van der Waals surface area contributed by atoms with Gasteiger partial charge in [-0.2, -0.15) is 0 Å². The van der Waals surface area contributed by atoms with Gasteiger partial charge in [0.25, 0.3) is 5.69 Å². The van der Waals surface area contributed by atoms with E-state index in [-0.39, 0.29) is 16.6 Å². The molecule has 1 aliphatic carbocycles. The Morgan fingerprint density at radius 1 is 1.33 bits per heavy atom. The molecular weight excluding hydrogens is 334 g/mol. The maximum atomic E-state index is 11.4. The smallest absolute Gasteiger partial charge is 0.293 e. The summed E-state index contributed by atoms with van der Waals surface area (Å²) in [5, 5.41) is 16.4. The van der Waals surface area contributed by atoms with E-state index in [4.69, 9.17) is 9.88 Å². The van der Waals surface area contributed by atoms with Crippen LogP contribution in [0.4, 0.5) is 11.4 Å². The average molecular weight is 357 g/mol. The molecule has 0 saturated heterocycles. The van der Waals surface area contributed by atoms with Gasteiger partial charge in [-0.1, -0.05) is 0 Å². The summed E-state index contributed by atoms with van der Waals surface area (Å²) in [6.07, 6.45) is 3.84. The highest BCUT2D eigenvalue weighted by Crippen LogP contribution is 2.35. The molecule has 1 saturated carbocycles. The molecule has 0 spiro atoms. The predicted molar refractivity (Wildman–Crippen MR) is 90.5 cm³/mol. The first-order valence-electron chi connectivity index (χ1n) is 7.77. The number of nitrogens with zero attached hydrogens (tertiary/aromatic N) is 2. The zero-order chi connectivity index (χ0) is 17.9. The maximum absolute atomic E-state index is 11.4. The van der Waals surface area contributed by atoms with Crippen LogP contribution in [0.1, 0.15) is 25.7 Å². The molecular formula is C15H23N3O5S. The fourth-order valence-corrected chi connectivity index (χ4v) is 3.79. The lowest BCUT2D eigenvalue weighted by atomic mass is 9.85. The maximum Gasteiger partial charge on any atom is 0.293 e. The summed E-state index contributed by atoms with van der Waals surface area (Å²) < 4.78 is 28.0. The van der Waals surface area contributed by atoms with Crippen molar-refractivity contribution in [3.63, 3.8) is 0 Å². The van der Waals surface area contributed by atoms with E-state index in [1.54, 1.807) is 14.2 Å². The van der Waals surface area contributed by atoms with Crippen molar-refractivity contribution in [3.8, 4) is 0 Å². The highest BCUT2D eigenvalue weighted by molar-refractivity contribution is 7.89. The van der Waals surface area contributed by atoms with Gasteiger partial charge in [0, 0.05) is 32.9 Å². The summed E-state index contributed by atoms with van der Waals surface area (Å²) in [6.45, 7) is 0.736. The third-order valence-electron chi connectivity index (χ3n) is 4.62. The van der Waals surface area contributed by atoms with Crippen LogP contribution in [0.5, 0.6) is 0 Å². The molecule has 0 unspecified atom stereocenters. The average Bonchev–Trinajstić information content (AvgIpc) is 2.53. The van der Waals surface area contributed by atoms with Crippen LogP contribution >= 0.6 is 0 Å². The third kappa shape index (κ3) is 4.22. The van der Waals surface area contributed by atoms with E-state index in [0.29, 0.717) is 11.6 Å². The van der Waals surface area contributed by atoms with Crippen LogP contribution in [-0.2, 0) is 14.8 Å². The Balaban J connectivity index is 2.23. The lowest BCUT2D eigenvalue weighted by Crippen LogP contribution is -2.36. The number of hydrogen-bond donors (Lipinski definition) is 1. The molecule has 0 aromatic heterocycles. The third-order valence-corrected chi connectivity index (χ3v) is 5.53. The van der Waals surface area contributed by atoms with Crippen molar-refractivity contribution in [2.24, 2.45) is 11.1 Å². The number of benzene rings is 1. The molecule has 134 valence electrons. The Morgan fingerprint density at radius 2 is 1.96 bits per heavy atom. The van der Waals surface area contributed by atoms with E-state index in [9.17, 15) is 18.5 Å². The number of anilines is 1. The second kappa shape index (κ2) is 7.45. The Labute approximate surface area is 141 Å². The van der Waals surface area contributed by atoms with E-state index in [1.807, 2.05) is 4.90 Å². The molecule has 24 heavy (non-hydrogen) atoms. The fraction of sp³-hybridized carbons (Fsp3) is 0.600. The van der Waals surface area contributed by atoms with Crippen molar-refractivity contribution in [1.29, 1.82) is 0 Å². The van der Waals surface area contributed by atoms with Crippen LogP contribution in [0.15, 0.2) is 23.1 Å². The zero-order valence-electron chi connectivity index (χ0n) is 13.8. The Morgan fingerprint density at radius 3 is 2.46 bits per heavy atom. The number of primary sulfonamides is 1. The van der Waals surface area contributed by atoms with Gasteiger partial charge >= 0.3 is 0 Å². The fourth-order valence-electron chi connectivity index (χ4n) is 3.26. The minimum atomic E-state index is -3.98. The van der Waals surface area contributed by atoms with Gasteiger partial charge in [0.15, 0.2) is 0 Å². The number of ether oxygens (including phenoxy) is 1. The monoisotopic (exact) mass is 357 g/mol. The van der Waals surface area contributed by atoms with Gasteiger partial charge in [0.2, 0.25) is 10.0 Å². The second-order valence-electron chi connectivity index (χ2n) is 6.19. The summed E-state index contributed by atoms with van der Waals surface area (Å²) in [7, 11) is -0.482. The van der Waals surface area contributed by atoms with Crippen molar-refractivity contribution in [2.75, 3.05) is 25.7 Å². The highest BCUT2D eigenvalue weighted by atomic mass is 32.2. The van der Waals surface area contributed by atoms with Crippen molar-refractivity contribution >= 4 is 21.4 Å². The van der Waals surface area contributed by atoms with Crippen molar-refractivity contribution < 1.29 is 18.1 Å². The number of nitro benzene ring substituents is 1. The molecule has 1 fully saturated rings. The van der Waals surface area contributed by atoms with Gasteiger partial charge in [-0.15, -0.1) is 0 Å². The standard InChI is InChI=1S/C15H23N3O5S/c1-17(12-5-3-11(4-6-12)10-23-2)14-8-7-13(24(16,21)22)9-15(14)18(19)20/h7-9,11-12H,3-6,10H2,1-2H3,(H2,16,21,22)/t11-,12-. The molecule has 2 rings (SSSR count). The summed E-state index contributed by atoms with van der Waals surface area (Å²) in [6, 6.07) is 3.97. The zero-order valence-corrected chi connectivity index (χ0v) is 14.7. The summed E-state index contributed by atoms with van der Waals surface area (Å²) >= 11 is 0. The first-order valence-corrected chi connectivity index (χ1v) is 9.31. The predicted octanol–water partition coefficient (Wildman–Crippen LogP) is 1.88. The molecule has 9 heteroatoms. The lowest BCUT2D eigenvalue weighted by Gasteiger charge is -2.35. The number of sulfonamides is 1. The molecule has 1 aromatic carbocycles. The molecule has 0 atom stereocenters. The topological polar surface area (TPSA) is 116 Å². The second-order valence-corrected chi connectivity index (χ2v) is 7.75. The van der Waals surface area contributed by atoms with E-state index >= 15 is 0 Å². The number of nitrogens with two attached hydrogens (primary N) is 1. The Kier molecular flexibility index (Phi) is 5.79. The van der Waals surface area contributed by atoms with E-state index in [1.165, 1.54) is 12.1 Å². The summed E-state index contributed by atoms with van der Waals surface area (Å²) in [4.78, 5) is 12.4. The van der Waals surface area contributed by atoms with Crippen LogP contribution < -0.4 is 10.0 Å². The first kappa shape index (κ1) is 18.6. The summed E-state index contributed by atoms with van der Waals surface area (Å²) in [5.41, 5.74) is 0.158. The SMILES string of the molecule is COC[C@H]1CC[C@H](N(C)c2ccc(S(N)(=O)=O)cc2[N+](=O)[O-])CC1. The van der Waals surface area contributed by atoms with Crippen LogP contribution in [0.25, 0.3) is 0 Å². The summed E-state index contributed by atoms with van der Waals surface area (Å²) in [5.74, 6) is 0.527. The van der Waals surface area contributed by atoms with Gasteiger partial charge in [-0.25, -0.2) is 13.6 Å². The number of methoxy groups -OCH3 is 1. The Bertz CT molecular complexity index is 699. The first-order chi connectivity index (χ1) is 11.2. The van der Waals surface area contributed by atoms with E-state index in [0.717, 1.165) is 38.4 Å². The molecule has 8 nitrogen and oxygen atoms in total. The molecule has 2 N–H and O–H groups in total. The van der Waals surface area contributed by atoms with E-state index < -0.39 is 14.9 Å². The van der Waals surface area contributed by atoms with Crippen molar-refractivity contribution in [3.05, 3.63) is 28.3 Å². The lowest BCUT2D eigenvalue weighted by molar-refractivity contribution is -0.384. The normalized spacial score (nSPS) is 21.5. The van der Waals surface area contributed by atoms with Crippen LogP contribution in [-0.4, -0.2) is 40.1 Å². The van der Waals surface area contributed by atoms with E-state index in [2.05, 4.69) is 0 Å². The largest absolute Gasteiger partial charge is 0.384 e. The molecule has 1 aliphatic rings. The minimum Gasteiger partial charge on any atom is -0.384 e. The van der Waals surface area contributed by atoms with Gasteiger partial charge in [-0.05, 0) is 43.7 Å². The number of hydrogen-bond acceptors (Lipinski definition) is 6. The minimum absolute atomic E-state index is 0.178. The molecule has 0 radical (unpaired) electrons. The number of nitro groups is 1. The van der Waals surface area contributed by atoms with Gasteiger partial charge in [0.1, 0.15) is 5.69 Å². The van der Waals surface area contributed by atoms with Gasteiger partial charge in [0.05, 0.1) is 9.82 Å². The Hall–Kier alpha value is -1.71. The molecule has 1 aromatic rings. The quantitative estimate of drug-likeness (QED) is 0.614. The van der Waals surface area contributed by atoms with Crippen LogP contribution in [0.2, 0.25) is 0 Å². The van der Waals surface area contributed by atoms with Gasteiger partial charge < -0.3 is 9.64 Å². The highest BCUT2D eigenvalue weighted by Gasteiger charge is 2.28. The molecule has 0 bridgehead atoms. The van der Waals surface area contributed by atoms with Crippen molar-refractivity contribution in [2.45, 2.75) is 36.6 Å². The molecule has 0 amide bonds. The van der Waals surface area contributed by atoms with Crippen LogP contribution in [0, 0.1) is 16.0 Å². The molecule has 0 aliphatic heterocycles. The van der Waals surface area contributed by atoms with Crippen molar-refractivity contribution in [1.82, 2.24) is 0 Å². The molecule has 0 heterocycles. The van der Waals surface area contributed by atoms with Gasteiger partial charge in [-0.3, -0.25) is 10.1 Å². The number of rotatable bonds is 6.